The van der Waals surface area contributed by atoms with Crippen LogP contribution in [0.3, 0.4) is 0 Å². The van der Waals surface area contributed by atoms with Crippen LogP contribution < -0.4 is 0 Å². The zero-order valence-corrected chi connectivity index (χ0v) is 26.8. The Balaban J connectivity index is -0.000000411. The van der Waals surface area contributed by atoms with Crippen molar-refractivity contribution in [3.8, 4) is 0 Å². The molecule has 0 spiro atoms. The second kappa shape index (κ2) is 30.1. The Kier molecular flexibility index (Phi) is 37.5. The predicted octanol–water partition coefficient (Wildman–Crippen LogP) is 9.49. The zero-order chi connectivity index (χ0) is 19.9. The van der Waals surface area contributed by atoms with Crippen LogP contribution in [0.15, 0.2) is 0 Å². The van der Waals surface area contributed by atoms with Gasteiger partial charge >= 0.3 is 185 Å². The van der Waals surface area contributed by atoms with Gasteiger partial charge in [0.1, 0.15) is 0 Å². The molecule has 0 saturated heterocycles. The molecule has 0 bridgehead atoms. The molecular weight excluding hydrogens is 558 g/mol. The fourth-order valence-electron chi connectivity index (χ4n) is 3.31. The minimum atomic E-state index is -0.839. The van der Waals surface area contributed by atoms with E-state index in [9.17, 15) is 0 Å². The second-order valence-corrected chi connectivity index (χ2v) is 25.2. The van der Waals surface area contributed by atoms with Crippen LogP contribution in [0.1, 0.15) is 119 Å². The summed E-state index contributed by atoms with van der Waals surface area (Å²) in [5, 5.41) is 0. The first-order valence-electron chi connectivity index (χ1n) is 12.4. The van der Waals surface area contributed by atoms with Crippen LogP contribution in [-0.4, -0.2) is 39.5 Å². The van der Waals surface area contributed by atoms with Crippen LogP contribution in [0, 0.1) is 0 Å². The predicted molar refractivity (Wildman–Crippen MR) is 139 cm³/mol. The van der Waals surface area contributed by atoms with E-state index in [2.05, 4.69) is 41.5 Å². The van der Waals surface area contributed by atoms with Gasteiger partial charge in [-0.05, 0) is 0 Å². The molecule has 1 radical (unpaired) electrons. The van der Waals surface area contributed by atoms with Crippen molar-refractivity contribution in [1.29, 1.82) is 0 Å². The van der Waals surface area contributed by atoms with Gasteiger partial charge in [0, 0.05) is 0 Å². The number of hydrogen-bond donors (Lipinski definition) is 0. The number of rotatable bonds is 18. The molecule has 0 unspecified atom stereocenters. The molecule has 0 N–H and O–H groups in total. The van der Waals surface area contributed by atoms with Gasteiger partial charge in [0.25, 0.3) is 0 Å². The molecule has 0 heterocycles. The minimum Gasteiger partial charge on any atom is -0.813 e. The molecule has 165 valence electrons. The molecule has 0 aliphatic heterocycles. The SMILES string of the molecule is CCC[CH2][Sn+]([CH2]CCC)[CH2]CCC.CCC[CH2][Sn]([CH2]CCC)[CH2]CCC.[SH-]. The first kappa shape index (κ1) is 33.6. The number of thiol groups is 1. The molecule has 0 rings (SSSR count). The Morgan fingerprint density at radius 1 is 0.444 bits per heavy atom. The molecule has 0 saturated carbocycles. The molecule has 0 amide bonds. The van der Waals surface area contributed by atoms with Gasteiger partial charge in [0.15, 0.2) is 0 Å². The summed E-state index contributed by atoms with van der Waals surface area (Å²) in [5.74, 6) is 0. The third kappa shape index (κ3) is 27.9. The average molecular weight is 613 g/mol. The van der Waals surface area contributed by atoms with Crippen molar-refractivity contribution in [1.82, 2.24) is 0 Å². The van der Waals surface area contributed by atoms with E-state index >= 15 is 0 Å². The first-order valence-corrected chi connectivity index (χ1v) is 24.5. The fraction of sp³-hybridized carbons (Fsp3) is 1.00. The van der Waals surface area contributed by atoms with E-state index in [0.29, 0.717) is 0 Å². The summed E-state index contributed by atoms with van der Waals surface area (Å²) >= 11 is -1.68. The molecule has 27 heavy (non-hydrogen) atoms. The Morgan fingerprint density at radius 3 is 0.926 bits per heavy atom. The fourth-order valence-corrected chi connectivity index (χ4v) is 22.2. The van der Waals surface area contributed by atoms with E-state index in [4.69, 9.17) is 0 Å². The molecule has 3 heteroatoms. The minimum absolute atomic E-state index is 0. The second-order valence-electron chi connectivity index (χ2n) is 8.12. The zero-order valence-electron chi connectivity index (χ0n) is 20.2. The Labute approximate surface area is 196 Å². The van der Waals surface area contributed by atoms with Gasteiger partial charge in [0.2, 0.25) is 0 Å². The normalized spacial score (nSPS) is 10.3. The maximum Gasteiger partial charge on any atom is -0.813 e. The van der Waals surface area contributed by atoms with Crippen LogP contribution in [0.5, 0.6) is 0 Å². The van der Waals surface area contributed by atoms with Crippen molar-refractivity contribution in [2.45, 2.75) is 145 Å². The topological polar surface area (TPSA) is 0 Å². The molecular formula is C24H55SSn2. The van der Waals surface area contributed by atoms with Gasteiger partial charge in [-0.3, -0.25) is 0 Å². The third-order valence-electron chi connectivity index (χ3n) is 5.30. The van der Waals surface area contributed by atoms with Crippen molar-refractivity contribution in [3.63, 3.8) is 0 Å². The molecule has 0 aromatic heterocycles. The molecule has 0 aromatic carbocycles. The van der Waals surface area contributed by atoms with Crippen molar-refractivity contribution < 1.29 is 0 Å². The van der Waals surface area contributed by atoms with Crippen LogP contribution >= 0.6 is 0 Å². The number of unbranched alkanes of at least 4 members (excludes halogenated alkanes) is 6. The maximum absolute atomic E-state index is 2.33. The van der Waals surface area contributed by atoms with Crippen LogP contribution in [0.2, 0.25) is 26.6 Å². The first-order chi connectivity index (χ1) is 12.7. The monoisotopic (exact) mass is 615 g/mol. The van der Waals surface area contributed by atoms with Gasteiger partial charge in [-0.15, -0.1) is 0 Å². The molecule has 0 aliphatic rings. The van der Waals surface area contributed by atoms with Gasteiger partial charge in [-0.2, -0.15) is 0 Å². The Hall–Kier alpha value is 1.95. The van der Waals surface area contributed by atoms with E-state index in [-0.39, 0.29) is 13.5 Å². The van der Waals surface area contributed by atoms with Crippen LogP contribution in [0.25, 0.3) is 0 Å². The summed E-state index contributed by atoms with van der Waals surface area (Å²) in [6.45, 7) is 14.0. The maximum atomic E-state index is 2.33. The summed E-state index contributed by atoms with van der Waals surface area (Å²) in [6, 6.07) is 0. The summed E-state index contributed by atoms with van der Waals surface area (Å²) in [4.78, 5) is 0. The molecule has 0 aliphatic carbocycles. The largest absolute Gasteiger partial charge is 0.813 e. The molecule has 0 aromatic rings. The van der Waals surface area contributed by atoms with Crippen LogP contribution in [0.4, 0.5) is 0 Å². The molecule has 0 fully saturated rings. The Morgan fingerprint density at radius 2 is 0.704 bits per heavy atom. The van der Waals surface area contributed by atoms with E-state index in [1.165, 1.54) is 77.0 Å². The van der Waals surface area contributed by atoms with Gasteiger partial charge in [0.05, 0.1) is 0 Å². The van der Waals surface area contributed by atoms with E-state index in [0.717, 1.165) is 0 Å². The van der Waals surface area contributed by atoms with E-state index < -0.39 is 39.5 Å². The van der Waals surface area contributed by atoms with Crippen molar-refractivity contribution in [2.75, 3.05) is 0 Å². The van der Waals surface area contributed by atoms with Crippen LogP contribution in [-0.2, 0) is 13.5 Å². The van der Waals surface area contributed by atoms with Crippen molar-refractivity contribution in [2.24, 2.45) is 0 Å². The summed E-state index contributed by atoms with van der Waals surface area (Å²) in [5.41, 5.74) is 0. The van der Waals surface area contributed by atoms with E-state index in [1.807, 2.05) is 0 Å². The van der Waals surface area contributed by atoms with Gasteiger partial charge in [-0.25, -0.2) is 0 Å². The van der Waals surface area contributed by atoms with Crippen molar-refractivity contribution >= 4 is 53.0 Å². The summed E-state index contributed by atoms with van der Waals surface area (Å²) < 4.78 is 10.1. The Bertz CT molecular complexity index is 174. The number of hydrogen-bond acceptors (Lipinski definition) is 1. The standard InChI is InChI=1S/6C4H9.H2S.2Sn/c6*1-3-4-2;;;/h6*1,3-4H2,2H3;1H2;;/q;;;;;;;;+1/p-1. The quantitative estimate of drug-likeness (QED) is 0.0844. The van der Waals surface area contributed by atoms with Gasteiger partial charge < -0.3 is 13.5 Å². The summed E-state index contributed by atoms with van der Waals surface area (Å²) in [7, 11) is 0. The molecule has 0 atom stereocenters. The summed E-state index contributed by atoms with van der Waals surface area (Å²) in [6.07, 6.45) is 17.7. The smallest absolute Gasteiger partial charge is 0.813 e. The van der Waals surface area contributed by atoms with Crippen molar-refractivity contribution in [3.05, 3.63) is 0 Å². The average Bonchev–Trinajstić information content (AvgIpc) is 2.67. The van der Waals surface area contributed by atoms with E-state index in [1.54, 1.807) is 26.6 Å². The third-order valence-corrected chi connectivity index (χ3v) is 23.5. The molecule has 0 nitrogen and oxygen atoms in total. The van der Waals surface area contributed by atoms with Gasteiger partial charge in [-0.1, -0.05) is 0 Å².